The lowest BCUT2D eigenvalue weighted by molar-refractivity contribution is 0.261. The molecule has 0 atom stereocenters. The number of urea groups is 2. The van der Waals surface area contributed by atoms with Gasteiger partial charge in [0.15, 0.2) is 0 Å². The number of rotatable bonds is 8. The van der Waals surface area contributed by atoms with E-state index in [0.717, 1.165) is 12.1 Å². The van der Waals surface area contributed by atoms with Gasteiger partial charge in [0.25, 0.3) is 20.2 Å². The molecule has 0 heterocycles. The van der Waals surface area contributed by atoms with Crippen LogP contribution >= 0.6 is 0 Å². The van der Waals surface area contributed by atoms with Crippen molar-refractivity contribution in [3.8, 4) is 0 Å². The van der Waals surface area contributed by atoms with E-state index < -0.39 is 42.1 Å². The molecule has 0 bridgehead atoms. The van der Waals surface area contributed by atoms with Crippen molar-refractivity contribution in [2.75, 3.05) is 21.3 Å². The SMILES string of the molecule is O=C(Nc1ccccc1)Nc1ccc(C=Cc2ccc(NC(=O)Nc3ccccc3)cc2S(=O)(=O)O)c(S(=O)(=O)O)c1. The molecule has 4 aromatic carbocycles. The molecule has 216 valence electrons. The topological polar surface area (TPSA) is 191 Å². The van der Waals surface area contributed by atoms with Gasteiger partial charge in [0.05, 0.1) is 0 Å². The lowest BCUT2D eigenvalue weighted by atomic mass is 10.1. The summed E-state index contributed by atoms with van der Waals surface area (Å²) in [4.78, 5) is 23.5. The van der Waals surface area contributed by atoms with Crippen LogP contribution in [-0.2, 0) is 20.2 Å². The first-order chi connectivity index (χ1) is 19.9. The minimum atomic E-state index is -4.78. The standard InChI is InChI=1S/C28H24N4O8S2/c33-27(29-21-7-3-1-4-8-21)31-23-15-13-19(25(17-23)41(35,36)37)11-12-20-14-16-24(18-26(20)42(38,39)40)32-28(34)30-22-9-5-2-6-10-22/h1-18H,(H2,29,31,33)(H2,30,32,34)(H,35,36,37)(H,38,39,40). The smallest absolute Gasteiger partial charge is 0.308 e. The summed E-state index contributed by atoms with van der Waals surface area (Å²) in [5, 5.41) is 10.1. The molecule has 0 fully saturated rings. The molecule has 42 heavy (non-hydrogen) atoms. The molecule has 4 rings (SSSR count). The Morgan fingerprint density at radius 2 is 0.833 bits per heavy atom. The summed E-state index contributed by atoms with van der Waals surface area (Å²) in [5.41, 5.74) is 1.01. The van der Waals surface area contributed by atoms with Gasteiger partial charge in [0, 0.05) is 22.7 Å². The van der Waals surface area contributed by atoms with Gasteiger partial charge in [0.1, 0.15) is 9.79 Å². The molecule has 0 unspecified atom stereocenters. The summed E-state index contributed by atoms with van der Waals surface area (Å²) >= 11 is 0. The Labute approximate surface area is 241 Å². The Bertz CT molecular complexity index is 1730. The maximum Gasteiger partial charge on any atom is 0.323 e. The van der Waals surface area contributed by atoms with Crippen molar-refractivity contribution in [1.82, 2.24) is 0 Å². The quantitative estimate of drug-likeness (QED) is 0.109. The van der Waals surface area contributed by atoms with Gasteiger partial charge in [-0.25, -0.2) is 9.59 Å². The van der Waals surface area contributed by atoms with Crippen molar-refractivity contribution in [2.24, 2.45) is 0 Å². The molecule has 0 aromatic heterocycles. The Balaban J connectivity index is 1.57. The van der Waals surface area contributed by atoms with E-state index in [-0.39, 0.29) is 22.5 Å². The van der Waals surface area contributed by atoms with E-state index in [1.54, 1.807) is 60.7 Å². The van der Waals surface area contributed by atoms with Crippen LogP contribution in [0.25, 0.3) is 12.2 Å². The summed E-state index contributed by atoms with van der Waals surface area (Å²) in [7, 11) is -9.57. The molecule has 0 saturated carbocycles. The fourth-order valence-electron chi connectivity index (χ4n) is 3.76. The largest absolute Gasteiger partial charge is 0.323 e. The third-order valence-electron chi connectivity index (χ3n) is 5.60. The van der Waals surface area contributed by atoms with Crippen LogP contribution in [0.2, 0.25) is 0 Å². The number of hydrogen-bond acceptors (Lipinski definition) is 6. The highest BCUT2D eigenvalue weighted by molar-refractivity contribution is 7.86. The lowest BCUT2D eigenvalue weighted by Crippen LogP contribution is -2.19. The maximum atomic E-state index is 12.3. The van der Waals surface area contributed by atoms with Crippen molar-refractivity contribution in [2.45, 2.75) is 9.79 Å². The first kappa shape index (κ1) is 30.0. The van der Waals surface area contributed by atoms with Crippen LogP contribution in [0.4, 0.5) is 32.3 Å². The maximum absolute atomic E-state index is 12.3. The average Bonchev–Trinajstić information content (AvgIpc) is 2.92. The van der Waals surface area contributed by atoms with Gasteiger partial charge >= 0.3 is 12.1 Å². The molecule has 0 aliphatic carbocycles. The highest BCUT2D eigenvalue weighted by atomic mass is 32.2. The van der Waals surface area contributed by atoms with E-state index in [4.69, 9.17) is 0 Å². The molecule has 0 aliphatic heterocycles. The van der Waals surface area contributed by atoms with Gasteiger partial charge in [-0.1, -0.05) is 60.7 Å². The first-order valence-electron chi connectivity index (χ1n) is 12.1. The second-order valence-electron chi connectivity index (χ2n) is 8.68. The molecule has 4 aromatic rings. The van der Waals surface area contributed by atoms with Gasteiger partial charge in [-0.05, 0) is 59.7 Å². The predicted octanol–water partition coefficient (Wildman–Crippen LogP) is 5.64. The third-order valence-corrected chi connectivity index (χ3v) is 7.42. The monoisotopic (exact) mass is 608 g/mol. The average molecular weight is 609 g/mol. The molecular formula is C28H24N4O8S2. The van der Waals surface area contributed by atoms with Crippen molar-refractivity contribution in [1.29, 1.82) is 0 Å². The number of hydrogen-bond donors (Lipinski definition) is 6. The number of para-hydroxylation sites is 2. The van der Waals surface area contributed by atoms with Crippen LogP contribution in [0, 0.1) is 0 Å². The highest BCUT2D eigenvalue weighted by Gasteiger charge is 2.18. The number of benzene rings is 4. The lowest BCUT2D eigenvalue weighted by Gasteiger charge is -2.11. The second kappa shape index (κ2) is 12.7. The van der Waals surface area contributed by atoms with E-state index in [0.29, 0.717) is 11.4 Å². The van der Waals surface area contributed by atoms with Gasteiger partial charge in [-0.2, -0.15) is 16.8 Å². The minimum absolute atomic E-state index is 0.0442. The minimum Gasteiger partial charge on any atom is -0.308 e. The van der Waals surface area contributed by atoms with E-state index in [1.165, 1.54) is 36.4 Å². The Morgan fingerprint density at radius 1 is 0.500 bits per heavy atom. The van der Waals surface area contributed by atoms with Gasteiger partial charge in [0.2, 0.25) is 0 Å². The molecule has 0 saturated heterocycles. The Hall–Kier alpha value is -5.02. The van der Waals surface area contributed by atoms with Crippen LogP contribution in [-0.4, -0.2) is 38.0 Å². The molecule has 4 amide bonds. The fourth-order valence-corrected chi connectivity index (χ4v) is 5.18. The number of carbonyl (C=O) groups excluding carboxylic acids is 2. The van der Waals surface area contributed by atoms with Crippen LogP contribution in [0.3, 0.4) is 0 Å². The summed E-state index contributed by atoms with van der Waals surface area (Å²) in [6.07, 6.45) is 2.41. The molecule has 0 aliphatic rings. The molecular weight excluding hydrogens is 584 g/mol. The van der Waals surface area contributed by atoms with Crippen LogP contribution in [0.15, 0.2) is 107 Å². The van der Waals surface area contributed by atoms with Gasteiger partial charge in [-0.15, -0.1) is 0 Å². The van der Waals surface area contributed by atoms with E-state index >= 15 is 0 Å². The van der Waals surface area contributed by atoms with E-state index in [2.05, 4.69) is 21.3 Å². The third kappa shape index (κ3) is 8.25. The zero-order chi connectivity index (χ0) is 30.3. The van der Waals surface area contributed by atoms with E-state index in [9.17, 15) is 35.5 Å². The molecule has 12 nitrogen and oxygen atoms in total. The van der Waals surface area contributed by atoms with Crippen molar-refractivity contribution in [3.63, 3.8) is 0 Å². The molecule has 14 heteroatoms. The number of anilines is 4. The summed E-state index contributed by atoms with van der Waals surface area (Å²) in [6.45, 7) is 0. The van der Waals surface area contributed by atoms with Crippen LogP contribution in [0.1, 0.15) is 11.1 Å². The van der Waals surface area contributed by atoms with Gasteiger partial charge in [-0.3, -0.25) is 9.11 Å². The zero-order valence-corrected chi connectivity index (χ0v) is 23.2. The zero-order valence-electron chi connectivity index (χ0n) is 21.6. The Kier molecular flexibility index (Phi) is 9.02. The molecule has 0 radical (unpaired) electrons. The number of amides is 4. The first-order valence-corrected chi connectivity index (χ1v) is 14.9. The summed E-state index contributed by atoms with van der Waals surface area (Å²) in [5.74, 6) is 0. The van der Waals surface area contributed by atoms with Crippen molar-refractivity contribution in [3.05, 3.63) is 108 Å². The normalized spacial score (nSPS) is 11.6. The Morgan fingerprint density at radius 3 is 1.17 bits per heavy atom. The fraction of sp³-hybridized carbons (Fsp3) is 0. The number of nitrogens with one attached hydrogen (secondary N) is 4. The molecule has 0 spiro atoms. The predicted molar refractivity (Wildman–Crippen MR) is 160 cm³/mol. The molecule has 6 N–H and O–H groups in total. The van der Waals surface area contributed by atoms with Crippen LogP contribution in [0.5, 0.6) is 0 Å². The summed E-state index contributed by atoms with van der Waals surface area (Å²) in [6, 6.07) is 23.1. The van der Waals surface area contributed by atoms with Crippen molar-refractivity contribution < 1.29 is 35.5 Å². The second-order valence-corrected chi connectivity index (χ2v) is 11.5. The van der Waals surface area contributed by atoms with E-state index in [1.807, 2.05) is 0 Å². The summed E-state index contributed by atoms with van der Waals surface area (Å²) < 4.78 is 68.0. The van der Waals surface area contributed by atoms with Crippen LogP contribution < -0.4 is 21.3 Å². The van der Waals surface area contributed by atoms with Gasteiger partial charge < -0.3 is 21.3 Å². The highest BCUT2D eigenvalue weighted by Crippen LogP contribution is 2.26. The number of carbonyl (C=O) groups is 2. The van der Waals surface area contributed by atoms with Crippen molar-refractivity contribution >= 4 is 67.2 Å².